The third-order valence-electron chi connectivity index (χ3n) is 2.21. The van der Waals surface area contributed by atoms with Gasteiger partial charge in [-0.15, -0.1) is 6.58 Å². The van der Waals surface area contributed by atoms with Crippen molar-refractivity contribution in [1.82, 2.24) is 0 Å². The Morgan fingerprint density at radius 2 is 2.27 bits per heavy atom. The van der Waals surface area contributed by atoms with E-state index in [9.17, 15) is 9.59 Å². The number of hydrogen-bond donors (Lipinski definition) is 0. The lowest BCUT2D eigenvalue weighted by molar-refractivity contribution is -0.127. The van der Waals surface area contributed by atoms with Gasteiger partial charge in [-0.05, 0) is 19.3 Å². The minimum absolute atomic E-state index is 0.0719. The lowest BCUT2D eigenvalue weighted by Gasteiger charge is -2.02. The summed E-state index contributed by atoms with van der Waals surface area (Å²) < 4.78 is 0. The Bertz CT molecular complexity index is 184. The first-order valence-electron chi connectivity index (χ1n) is 3.89. The van der Waals surface area contributed by atoms with Gasteiger partial charge in [-0.1, -0.05) is 6.08 Å². The summed E-state index contributed by atoms with van der Waals surface area (Å²) in [6.45, 7) is 3.57. The zero-order valence-electron chi connectivity index (χ0n) is 6.45. The topological polar surface area (TPSA) is 34.1 Å². The van der Waals surface area contributed by atoms with Crippen molar-refractivity contribution in [2.24, 2.45) is 11.8 Å². The second-order valence-electron chi connectivity index (χ2n) is 2.94. The van der Waals surface area contributed by atoms with Crippen molar-refractivity contribution in [2.45, 2.75) is 19.3 Å². The van der Waals surface area contributed by atoms with Gasteiger partial charge in [-0.3, -0.25) is 4.79 Å². The Kier molecular flexibility index (Phi) is 2.58. The first-order valence-corrected chi connectivity index (χ1v) is 3.89. The third kappa shape index (κ3) is 1.56. The van der Waals surface area contributed by atoms with E-state index in [0.717, 1.165) is 25.5 Å². The van der Waals surface area contributed by atoms with Crippen LogP contribution in [0.4, 0.5) is 0 Å². The fourth-order valence-electron chi connectivity index (χ4n) is 1.54. The molecule has 0 amide bonds. The van der Waals surface area contributed by atoms with Gasteiger partial charge in [0.05, 0.1) is 5.92 Å². The predicted octanol–water partition coefficient (Wildman–Crippen LogP) is 1.36. The predicted molar refractivity (Wildman–Crippen MR) is 42.1 cm³/mol. The van der Waals surface area contributed by atoms with E-state index in [1.807, 2.05) is 0 Å². The van der Waals surface area contributed by atoms with Crippen molar-refractivity contribution in [3.05, 3.63) is 12.7 Å². The van der Waals surface area contributed by atoms with Crippen LogP contribution in [-0.4, -0.2) is 12.1 Å². The summed E-state index contributed by atoms with van der Waals surface area (Å²) in [7, 11) is 0. The van der Waals surface area contributed by atoms with Gasteiger partial charge in [0.1, 0.15) is 12.1 Å². The average Bonchev–Trinajstić information content (AvgIpc) is 2.34. The summed E-state index contributed by atoms with van der Waals surface area (Å²) in [5.41, 5.74) is 0. The molecular weight excluding hydrogens is 140 g/mol. The van der Waals surface area contributed by atoms with E-state index in [1.54, 1.807) is 6.08 Å². The van der Waals surface area contributed by atoms with Gasteiger partial charge in [-0.25, -0.2) is 0 Å². The smallest absolute Gasteiger partial charge is 0.146 e. The molecule has 0 spiro atoms. The Morgan fingerprint density at radius 3 is 2.73 bits per heavy atom. The molecule has 2 atom stereocenters. The van der Waals surface area contributed by atoms with Crippen LogP contribution in [0.2, 0.25) is 0 Å². The largest absolute Gasteiger partial charge is 0.303 e. The fraction of sp³-hybridized carbons (Fsp3) is 0.556. The summed E-state index contributed by atoms with van der Waals surface area (Å²) in [4.78, 5) is 21.6. The Hall–Kier alpha value is -0.920. The summed E-state index contributed by atoms with van der Waals surface area (Å²) in [5.74, 6) is -0.137. The van der Waals surface area contributed by atoms with Crippen LogP contribution in [0.15, 0.2) is 12.7 Å². The van der Waals surface area contributed by atoms with E-state index in [-0.39, 0.29) is 17.6 Å². The number of ketones is 1. The van der Waals surface area contributed by atoms with E-state index >= 15 is 0 Å². The van der Waals surface area contributed by atoms with E-state index in [1.165, 1.54) is 0 Å². The zero-order valence-corrected chi connectivity index (χ0v) is 6.45. The monoisotopic (exact) mass is 152 g/mol. The number of aldehydes is 1. The van der Waals surface area contributed by atoms with E-state index < -0.39 is 0 Å². The third-order valence-corrected chi connectivity index (χ3v) is 2.21. The maximum absolute atomic E-state index is 11.2. The summed E-state index contributed by atoms with van der Waals surface area (Å²) in [6.07, 6.45) is 4.83. The van der Waals surface area contributed by atoms with Crippen molar-refractivity contribution in [1.29, 1.82) is 0 Å². The highest BCUT2D eigenvalue weighted by molar-refractivity contribution is 5.96. The average molecular weight is 152 g/mol. The number of Topliss-reactive ketones (excluding diaryl/α,β-unsaturated/α-hetero) is 1. The van der Waals surface area contributed by atoms with Gasteiger partial charge in [0, 0.05) is 5.92 Å². The molecule has 0 N–H and O–H groups in total. The molecule has 0 bridgehead atoms. The molecule has 0 saturated heterocycles. The van der Waals surface area contributed by atoms with Crippen LogP contribution in [-0.2, 0) is 9.59 Å². The van der Waals surface area contributed by atoms with Crippen LogP contribution in [0.3, 0.4) is 0 Å². The maximum Gasteiger partial charge on any atom is 0.146 e. The molecule has 2 nitrogen and oxygen atoms in total. The van der Waals surface area contributed by atoms with Crippen molar-refractivity contribution in [2.75, 3.05) is 0 Å². The second kappa shape index (κ2) is 3.46. The molecule has 0 aromatic rings. The van der Waals surface area contributed by atoms with Gasteiger partial charge >= 0.3 is 0 Å². The lowest BCUT2D eigenvalue weighted by atomic mass is 10.0. The summed E-state index contributed by atoms with van der Waals surface area (Å²) in [6, 6.07) is 0. The van der Waals surface area contributed by atoms with Crippen LogP contribution < -0.4 is 0 Å². The first-order chi connectivity index (χ1) is 5.29. The van der Waals surface area contributed by atoms with Gasteiger partial charge in [-0.2, -0.15) is 0 Å². The molecule has 1 rings (SSSR count). The fourth-order valence-corrected chi connectivity index (χ4v) is 1.54. The standard InChI is InChI=1S/C9H12O2/c1-2-3-7-4-5-8(6-10)9(7)11/h2,6-8H,1,3-5H2. The molecule has 0 heterocycles. The van der Waals surface area contributed by atoms with Crippen LogP contribution >= 0.6 is 0 Å². The second-order valence-corrected chi connectivity index (χ2v) is 2.94. The normalized spacial score (nSPS) is 30.4. The van der Waals surface area contributed by atoms with Gasteiger partial charge in [0.2, 0.25) is 0 Å². The van der Waals surface area contributed by atoms with E-state index in [0.29, 0.717) is 0 Å². The molecule has 1 fully saturated rings. The number of hydrogen-bond acceptors (Lipinski definition) is 2. The molecule has 1 aliphatic carbocycles. The molecular formula is C9H12O2. The molecule has 0 aromatic heterocycles. The molecule has 0 aliphatic heterocycles. The number of carbonyl (C=O) groups is 2. The SMILES string of the molecule is C=CCC1CCC(C=O)C1=O. The van der Waals surface area contributed by atoms with Gasteiger partial charge in [0.15, 0.2) is 0 Å². The number of carbonyl (C=O) groups excluding carboxylic acids is 2. The highest BCUT2D eigenvalue weighted by Crippen LogP contribution is 2.28. The van der Waals surface area contributed by atoms with Crippen LogP contribution in [0.1, 0.15) is 19.3 Å². The minimum atomic E-state index is -0.319. The highest BCUT2D eigenvalue weighted by atomic mass is 16.1. The van der Waals surface area contributed by atoms with Crippen LogP contribution in [0.5, 0.6) is 0 Å². The summed E-state index contributed by atoms with van der Waals surface area (Å²) in [5, 5.41) is 0. The Labute approximate surface area is 66.3 Å². The molecule has 1 saturated carbocycles. The van der Waals surface area contributed by atoms with Gasteiger partial charge in [0.25, 0.3) is 0 Å². The first kappa shape index (κ1) is 8.18. The van der Waals surface area contributed by atoms with Crippen LogP contribution in [0, 0.1) is 11.8 Å². The molecule has 0 aromatic carbocycles. The number of rotatable bonds is 3. The number of allylic oxidation sites excluding steroid dienone is 1. The van der Waals surface area contributed by atoms with E-state index in [2.05, 4.69) is 6.58 Å². The summed E-state index contributed by atoms with van der Waals surface area (Å²) >= 11 is 0. The van der Waals surface area contributed by atoms with E-state index in [4.69, 9.17) is 0 Å². The van der Waals surface area contributed by atoms with Gasteiger partial charge < -0.3 is 4.79 Å². The molecule has 1 aliphatic rings. The Balaban J connectivity index is 2.55. The van der Waals surface area contributed by atoms with Crippen molar-refractivity contribution < 1.29 is 9.59 Å². The molecule has 60 valence electrons. The highest BCUT2D eigenvalue weighted by Gasteiger charge is 2.32. The van der Waals surface area contributed by atoms with Crippen molar-refractivity contribution in [3.63, 3.8) is 0 Å². The zero-order chi connectivity index (χ0) is 8.27. The molecule has 2 heteroatoms. The molecule has 2 unspecified atom stereocenters. The van der Waals surface area contributed by atoms with Crippen molar-refractivity contribution in [3.8, 4) is 0 Å². The Morgan fingerprint density at radius 1 is 1.55 bits per heavy atom. The lowest BCUT2D eigenvalue weighted by Crippen LogP contribution is -2.14. The van der Waals surface area contributed by atoms with Crippen molar-refractivity contribution >= 4 is 12.1 Å². The minimum Gasteiger partial charge on any atom is -0.303 e. The quantitative estimate of drug-likeness (QED) is 0.347. The molecule has 0 radical (unpaired) electrons. The molecule has 11 heavy (non-hydrogen) atoms. The van der Waals surface area contributed by atoms with Crippen LogP contribution in [0.25, 0.3) is 0 Å². The maximum atomic E-state index is 11.2.